The topological polar surface area (TPSA) is 13.1 Å². The third-order valence-electron chi connectivity index (χ3n) is 4.38. The highest BCUT2D eigenvalue weighted by Crippen LogP contribution is 2.37. The molecule has 0 bridgehead atoms. The maximum atomic E-state index is 6.25. The van der Waals surface area contributed by atoms with Crippen LogP contribution in [0.3, 0.4) is 0 Å². The van der Waals surface area contributed by atoms with Crippen LogP contribution in [-0.4, -0.2) is 0 Å². The Balaban J connectivity index is 2.14. The fourth-order valence-electron chi connectivity index (χ4n) is 3.09. The van der Waals surface area contributed by atoms with E-state index in [1.54, 1.807) is 0 Å². The number of fused-ring (bicyclic) bond motifs is 1. The molecule has 3 rings (SSSR count). The summed E-state index contributed by atoms with van der Waals surface area (Å²) in [6.07, 6.45) is 1.01. The highest BCUT2D eigenvalue weighted by atomic mass is 79.9. The molecule has 126 valence electrons. The molecule has 1 heterocycles. The van der Waals surface area contributed by atoms with E-state index in [0.717, 1.165) is 27.8 Å². The van der Waals surface area contributed by atoms with Gasteiger partial charge in [-0.2, -0.15) is 0 Å². The smallest absolute Gasteiger partial charge is 0.138 e. The Kier molecular flexibility index (Phi) is 4.61. The Labute approximate surface area is 153 Å². The van der Waals surface area contributed by atoms with Crippen LogP contribution in [0.5, 0.6) is 0 Å². The van der Waals surface area contributed by atoms with E-state index >= 15 is 0 Å². The molecular weight excluding hydrogens is 360 g/mol. The lowest BCUT2D eigenvalue weighted by atomic mass is 9.86. The van der Waals surface area contributed by atoms with Crippen LogP contribution in [0, 0.1) is 5.92 Å². The average Bonchev–Trinajstić information content (AvgIpc) is 2.84. The quantitative estimate of drug-likeness (QED) is 0.459. The molecule has 0 aliphatic rings. The second kappa shape index (κ2) is 6.40. The fourth-order valence-corrected chi connectivity index (χ4v) is 3.45. The molecule has 0 N–H and O–H groups in total. The zero-order valence-electron chi connectivity index (χ0n) is 15.1. The summed E-state index contributed by atoms with van der Waals surface area (Å²) in [6, 6.07) is 15.1. The summed E-state index contributed by atoms with van der Waals surface area (Å²) in [7, 11) is 0. The Morgan fingerprint density at radius 2 is 1.67 bits per heavy atom. The van der Waals surface area contributed by atoms with Crippen molar-refractivity contribution in [3.63, 3.8) is 0 Å². The van der Waals surface area contributed by atoms with Crippen LogP contribution in [0.15, 0.2) is 51.4 Å². The van der Waals surface area contributed by atoms with Gasteiger partial charge in [-0.3, -0.25) is 0 Å². The molecule has 24 heavy (non-hydrogen) atoms. The molecular formula is C22H25BrO. The van der Waals surface area contributed by atoms with Crippen LogP contribution in [0.2, 0.25) is 0 Å². The van der Waals surface area contributed by atoms with E-state index < -0.39 is 0 Å². The Bertz CT molecular complexity index is 848. The zero-order chi connectivity index (χ0) is 17.5. The maximum Gasteiger partial charge on any atom is 0.138 e. The number of halogens is 1. The Hall–Kier alpha value is -1.54. The largest absolute Gasteiger partial charge is 0.456 e. The van der Waals surface area contributed by atoms with E-state index in [0.29, 0.717) is 5.92 Å². The first kappa shape index (κ1) is 17.3. The summed E-state index contributed by atoms with van der Waals surface area (Å²) in [5.74, 6) is 1.59. The summed E-state index contributed by atoms with van der Waals surface area (Å²) in [5, 5.41) is 1.22. The van der Waals surface area contributed by atoms with E-state index in [1.807, 2.05) is 6.07 Å². The molecule has 2 heteroatoms. The molecule has 0 unspecified atom stereocenters. The SMILES string of the molecule is CC(C)Cc1c(-c2ccc(C(C)(C)C)cc2)oc2ccc(Br)cc12. The number of rotatable bonds is 3. The highest BCUT2D eigenvalue weighted by molar-refractivity contribution is 9.10. The standard InChI is InChI=1S/C22H25BrO/c1-14(2)12-19-18-13-17(23)10-11-20(18)24-21(19)15-6-8-16(9-7-15)22(3,4)5/h6-11,13-14H,12H2,1-5H3. The first-order valence-corrected chi connectivity index (χ1v) is 9.37. The third kappa shape index (κ3) is 3.44. The molecule has 1 nitrogen and oxygen atoms in total. The van der Waals surface area contributed by atoms with Gasteiger partial charge in [0.25, 0.3) is 0 Å². The van der Waals surface area contributed by atoms with Gasteiger partial charge in [0.1, 0.15) is 11.3 Å². The molecule has 0 aliphatic heterocycles. The number of hydrogen-bond acceptors (Lipinski definition) is 1. The lowest BCUT2D eigenvalue weighted by Gasteiger charge is -2.19. The van der Waals surface area contributed by atoms with Crippen molar-refractivity contribution in [2.24, 2.45) is 5.92 Å². The predicted molar refractivity (Wildman–Crippen MR) is 107 cm³/mol. The first-order chi connectivity index (χ1) is 11.3. The molecule has 0 spiro atoms. The highest BCUT2D eigenvalue weighted by Gasteiger charge is 2.18. The minimum Gasteiger partial charge on any atom is -0.456 e. The van der Waals surface area contributed by atoms with Crippen molar-refractivity contribution >= 4 is 26.9 Å². The van der Waals surface area contributed by atoms with Crippen molar-refractivity contribution < 1.29 is 4.42 Å². The number of hydrogen-bond donors (Lipinski definition) is 0. The zero-order valence-corrected chi connectivity index (χ0v) is 16.7. The summed E-state index contributed by atoms with van der Waals surface area (Å²) in [6.45, 7) is 11.2. The molecule has 0 radical (unpaired) electrons. The summed E-state index contributed by atoms with van der Waals surface area (Å²) in [4.78, 5) is 0. The van der Waals surface area contributed by atoms with Gasteiger partial charge in [0, 0.05) is 21.0 Å². The van der Waals surface area contributed by atoms with Crippen LogP contribution < -0.4 is 0 Å². The predicted octanol–water partition coefficient (Wildman–Crippen LogP) is 7.36. The van der Waals surface area contributed by atoms with Crippen molar-refractivity contribution in [2.75, 3.05) is 0 Å². The van der Waals surface area contributed by atoms with Crippen LogP contribution >= 0.6 is 15.9 Å². The van der Waals surface area contributed by atoms with Crippen LogP contribution in [0.25, 0.3) is 22.3 Å². The normalized spacial score (nSPS) is 12.3. The molecule has 0 saturated heterocycles. The van der Waals surface area contributed by atoms with Crippen molar-refractivity contribution in [1.82, 2.24) is 0 Å². The lowest BCUT2D eigenvalue weighted by Crippen LogP contribution is -2.10. The monoisotopic (exact) mass is 384 g/mol. The Morgan fingerprint density at radius 1 is 1.00 bits per heavy atom. The van der Waals surface area contributed by atoms with Gasteiger partial charge in [-0.25, -0.2) is 0 Å². The molecule has 2 aromatic carbocycles. The van der Waals surface area contributed by atoms with Gasteiger partial charge in [0.2, 0.25) is 0 Å². The van der Waals surface area contributed by atoms with Gasteiger partial charge in [-0.05, 0) is 41.5 Å². The minimum atomic E-state index is 0.165. The van der Waals surface area contributed by atoms with Crippen molar-refractivity contribution in [1.29, 1.82) is 0 Å². The Morgan fingerprint density at radius 3 is 2.25 bits per heavy atom. The molecule has 0 fully saturated rings. The van der Waals surface area contributed by atoms with Crippen LogP contribution in [0.4, 0.5) is 0 Å². The summed E-state index contributed by atoms with van der Waals surface area (Å²) < 4.78 is 7.34. The number of furan rings is 1. The third-order valence-corrected chi connectivity index (χ3v) is 4.87. The first-order valence-electron chi connectivity index (χ1n) is 8.57. The second-order valence-electron chi connectivity index (χ2n) is 7.98. The second-order valence-corrected chi connectivity index (χ2v) is 8.89. The van der Waals surface area contributed by atoms with Gasteiger partial charge in [0.05, 0.1) is 0 Å². The molecule has 0 saturated carbocycles. The average molecular weight is 385 g/mol. The van der Waals surface area contributed by atoms with Crippen LogP contribution in [0.1, 0.15) is 45.7 Å². The number of benzene rings is 2. The van der Waals surface area contributed by atoms with Crippen molar-refractivity contribution in [2.45, 2.75) is 46.5 Å². The van der Waals surface area contributed by atoms with Gasteiger partial charge >= 0.3 is 0 Å². The van der Waals surface area contributed by atoms with Gasteiger partial charge in [-0.1, -0.05) is 74.8 Å². The lowest BCUT2D eigenvalue weighted by molar-refractivity contribution is 0.589. The van der Waals surface area contributed by atoms with E-state index in [9.17, 15) is 0 Å². The molecule has 0 atom stereocenters. The van der Waals surface area contributed by atoms with Crippen molar-refractivity contribution in [3.8, 4) is 11.3 Å². The molecule has 1 aromatic heterocycles. The molecule has 0 aliphatic carbocycles. The van der Waals surface area contributed by atoms with E-state index in [2.05, 4.69) is 86.9 Å². The van der Waals surface area contributed by atoms with Crippen molar-refractivity contribution in [3.05, 3.63) is 58.1 Å². The van der Waals surface area contributed by atoms with Gasteiger partial charge in [0.15, 0.2) is 0 Å². The summed E-state index contributed by atoms with van der Waals surface area (Å²) >= 11 is 3.59. The minimum absolute atomic E-state index is 0.165. The van der Waals surface area contributed by atoms with Crippen LogP contribution in [-0.2, 0) is 11.8 Å². The molecule has 3 aromatic rings. The summed E-state index contributed by atoms with van der Waals surface area (Å²) in [5.41, 5.74) is 4.94. The van der Waals surface area contributed by atoms with Gasteiger partial charge in [-0.15, -0.1) is 0 Å². The van der Waals surface area contributed by atoms with E-state index in [-0.39, 0.29) is 5.41 Å². The van der Waals surface area contributed by atoms with E-state index in [4.69, 9.17) is 4.42 Å². The maximum absolute atomic E-state index is 6.25. The van der Waals surface area contributed by atoms with Gasteiger partial charge < -0.3 is 4.42 Å². The van der Waals surface area contributed by atoms with E-state index in [1.165, 1.54) is 16.5 Å². The fraction of sp³-hybridized carbons (Fsp3) is 0.364. The molecule has 0 amide bonds.